The minimum Gasteiger partial charge on any atom is -0.338 e. The zero-order chi connectivity index (χ0) is 20.6. The second-order valence-corrected chi connectivity index (χ2v) is 7.01. The van der Waals surface area contributed by atoms with E-state index in [0.717, 1.165) is 17.3 Å². The molecule has 0 aliphatic carbocycles. The van der Waals surface area contributed by atoms with E-state index in [1.54, 1.807) is 23.6 Å². The molecule has 0 spiro atoms. The first kappa shape index (κ1) is 20.5. The van der Waals surface area contributed by atoms with Gasteiger partial charge < -0.3 is 5.32 Å². The van der Waals surface area contributed by atoms with Crippen molar-refractivity contribution in [2.75, 3.05) is 12.3 Å². The molecule has 0 saturated carbocycles. The van der Waals surface area contributed by atoms with Gasteiger partial charge in [-0.05, 0) is 36.8 Å². The molecule has 2 N–H and O–H groups in total. The first-order valence-electron chi connectivity index (χ1n) is 9.01. The number of hydrogen-bond acceptors (Lipinski definition) is 5. The number of imide groups is 1. The lowest BCUT2D eigenvalue weighted by Gasteiger charge is -2.10. The van der Waals surface area contributed by atoms with E-state index in [2.05, 4.69) is 20.8 Å². The van der Waals surface area contributed by atoms with Crippen LogP contribution in [0.4, 0.5) is 9.18 Å². The lowest BCUT2D eigenvalue weighted by molar-refractivity contribution is -0.117. The van der Waals surface area contributed by atoms with Gasteiger partial charge in [-0.1, -0.05) is 42.1 Å². The zero-order valence-electron chi connectivity index (χ0n) is 15.8. The smallest absolute Gasteiger partial charge is 0.321 e. The van der Waals surface area contributed by atoms with E-state index in [-0.39, 0.29) is 11.6 Å². The molecule has 0 atom stereocenters. The third-order valence-electron chi connectivity index (χ3n) is 3.91. The van der Waals surface area contributed by atoms with Crippen LogP contribution in [-0.4, -0.2) is 39.0 Å². The highest BCUT2D eigenvalue weighted by molar-refractivity contribution is 7.99. The van der Waals surface area contributed by atoms with Gasteiger partial charge in [0.1, 0.15) is 11.6 Å². The molecule has 9 heteroatoms. The van der Waals surface area contributed by atoms with E-state index in [0.29, 0.717) is 29.6 Å². The largest absolute Gasteiger partial charge is 0.338 e. The molecule has 0 unspecified atom stereocenters. The Balaban J connectivity index is 1.82. The van der Waals surface area contributed by atoms with Crippen LogP contribution in [-0.2, 0) is 11.2 Å². The van der Waals surface area contributed by atoms with E-state index in [4.69, 9.17) is 0 Å². The predicted octanol–water partition coefficient (Wildman–Crippen LogP) is 2.94. The average Bonchev–Trinajstić information content (AvgIpc) is 3.10. The molecular formula is C20H20FN5O2S. The Bertz CT molecular complexity index is 976. The van der Waals surface area contributed by atoms with Crippen LogP contribution in [0.3, 0.4) is 0 Å². The second kappa shape index (κ2) is 9.83. The molecule has 0 radical (unpaired) electrons. The Morgan fingerprint density at radius 3 is 2.48 bits per heavy atom. The highest BCUT2D eigenvalue weighted by Crippen LogP contribution is 2.23. The van der Waals surface area contributed by atoms with Gasteiger partial charge in [-0.15, -0.1) is 10.2 Å². The van der Waals surface area contributed by atoms with E-state index in [1.807, 2.05) is 30.3 Å². The zero-order valence-corrected chi connectivity index (χ0v) is 16.6. The topological polar surface area (TPSA) is 88.9 Å². The van der Waals surface area contributed by atoms with Gasteiger partial charge in [0.15, 0.2) is 5.16 Å². The Kier molecular flexibility index (Phi) is 6.96. The van der Waals surface area contributed by atoms with Gasteiger partial charge in [0.05, 0.1) is 5.75 Å². The average molecular weight is 413 g/mol. The molecule has 0 aliphatic heterocycles. The summed E-state index contributed by atoms with van der Waals surface area (Å²) in [6, 6.07) is 15.2. The minimum absolute atomic E-state index is 0.0121. The summed E-state index contributed by atoms with van der Waals surface area (Å²) in [4.78, 5) is 23.5. The Labute approximate surface area is 171 Å². The molecule has 7 nitrogen and oxygen atoms in total. The van der Waals surface area contributed by atoms with Crippen LogP contribution >= 0.6 is 11.8 Å². The molecule has 150 valence electrons. The summed E-state index contributed by atoms with van der Waals surface area (Å²) in [6.07, 6.45) is 0.525. The fraction of sp³-hybridized carbons (Fsp3) is 0.200. The number of amides is 3. The summed E-state index contributed by atoms with van der Waals surface area (Å²) in [5, 5.41) is 13.7. The van der Waals surface area contributed by atoms with Crippen molar-refractivity contribution in [3.05, 3.63) is 71.8 Å². The van der Waals surface area contributed by atoms with Gasteiger partial charge >= 0.3 is 6.03 Å². The Morgan fingerprint density at radius 2 is 1.79 bits per heavy atom. The lowest BCUT2D eigenvalue weighted by Crippen LogP contribution is -2.40. The predicted molar refractivity (Wildman–Crippen MR) is 109 cm³/mol. The van der Waals surface area contributed by atoms with Crippen LogP contribution in [0.5, 0.6) is 0 Å². The summed E-state index contributed by atoms with van der Waals surface area (Å²) < 4.78 is 15.2. The van der Waals surface area contributed by atoms with Crippen LogP contribution in [0, 0.1) is 5.82 Å². The van der Waals surface area contributed by atoms with E-state index in [9.17, 15) is 14.0 Å². The van der Waals surface area contributed by atoms with E-state index in [1.165, 1.54) is 12.1 Å². The standard InChI is InChI=1S/C20H20FN5O2S/c1-2-22-19(28)23-18(27)13-29-20-25-24-17(12-14-6-4-3-5-7-14)26(20)16-10-8-15(21)9-11-16/h3-11H,2,12-13H2,1H3,(H2,22,23,27,28). The second-order valence-electron chi connectivity index (χ2n) is 6.07. The van der Waals surface area contributed by atoms with Gasteiger partial charge in [-0.25, -0.2) is 9.18 Å². The number of aromatic nitrogens is 3. The molecule has 29 heavy (non-hydrogen) atoms. The quantitative estimate of drug-likeness (QED) is 0.582. The van der Waals surface area contributed by atoms with E-state index >= 15 is 0 Å². The number of benzene rings is 2. The van der Waals surface area contributed by atoms with Gasteiger partial charge in [-0.2, -0.15) is 0 Å². The van der Waals surface area contributed by atoms with Crippen LogP contribution in [0.2, 0.25) is 0 Å². The van der Waals surface area contributed by atoms with Gasteiger partial charge in [0, 0.05) is 18.7 Å². The highest BCUT2D eigenvalue weighted by atomic mass is 32.2. The third kappa shape index (κ3) is 5.64. The van der Waals surface area contributed by atoms with Gasteiger partial charge in [0.25, 0.3) is 0 Å². The number of nitrogens with zero attached hydrogens (tertiary/aromatic N) is 3. The third-order valence-corrected chi connectivity index (χ3v) is 4.84. The summed E-state index contributed by atoms with van der Waals surface area (Å²) in [5.41, 5.74) is 1.74. The Morgan fingerprint density at radius 1 is 1.07 bits per heavy atom. The number of thioether (sulfide) groups is 1. The van der Waals surface area contributed by atoms with Gasteiger partial charge in [-0.3, -0.25) is 14.7 Å². The van der Waals surface area contributed by atoms with Crippen molar-refractivity contribution in [2.45, 2.75) is 18.5 Å². The van der Waals surface area contributed by atoms with E-state index < -0.39 is 11.9 Å². The van der Waals surface area contributed by atoms with Crippen molar-refractivity contribution in [2.24, 2.45) is 0 Å². The first-order chi connectivity index (χ1) is 14.1. The van der Waals surface area contributed by atoms with Gasteiger partial charge in [0.2, 0.25) is 5.91 Å². The summed E-state index contributed by atoms with van der Waals surface area (Å²) in [5.74, 6) is -0.141. The number of nitrogens with one attached hydrogen (secondary N) is 2. The van der Waals surface area contributed by atoms with Crippen molar-refractivity contribution in [3.63, 3.8) is 0 Å². The highest BCUT2D eigenvalue weighted by Gasteiger charge is 2.17. The summed E-state index contributed by atoms with van der Waals surface area (Å²) in [6.45, 7) is 2.19. The number of carbonyl (C=O) groups is 2. The van der Waals surface area contributed by atoms with Crippen molar-refractivity contribution in [1.29, 1.82) is 0 Å². The molecule has 2 aromatic carbocycles. The van der Waals surface area contributed by atoms with Crippen molar-refractivity contribution >= 4 is 23.7 Å². The van der Waals surface area contributed by atoms with Crippen LogP contribution in [0.15, 0.2) is 59.8 Å². The molecule has 0 saturated heterocycles. The number of urea groups is 1. The number of hydrogen-bond donors (Lipinski definition) is 2. The maximum atomic E-state index is 13.4. The molecule has 0 fully saturated rings. The molecule has 1 aromatic heterocycles. The summed E-state index contributed by atoms with van der Waals surface area (Å²) in [7, 11) is 0. The van der Waals surface area contributed by atoms with Crippen molar-refractivity contribution in [1.82, 2.24) is 25.4 Å². The monoisotopic (exact) mass is 413 g/mol. The lowest BCUT2D eigenvalue weighted by atomic mass is 10.1. The maximum absolute atomic E-state index is 13.4. The summed E-state index contributed by atoms with van der Waals surface area (Å²) >= 11 is 1.15. The SMILES string of the molecule is CCNC(=O)NC(=O)CSc1nnc(Cc2ccccc2)n1-c1ccc(F)cc1. The number of rotatable bonds is 7. The molecule has 3 aromatic rings. The van der Waals surface area contributed by atoms with Crippen LogP contribution in [0.25, 0.3) is 5.69 Å². The molecule has 0 bridgehead atoms. The molecular weight excluding hydrogens is 393 g/mol. The van der Waals surface area contributed by atoms with Crippen molar-refractivity contribution < 1.29 is 14.0 Å². The van der Waals surface area contributed by atoms with Crippen LogP contribution in [0.1, 0.15) is 18.3 Å². The fourth-order valence-corrected chi connectivity index (χ4v) is 3.40. The molecule has 3 rings (SSSR count). The van der Waals surface area contributed by atoms with Crippen molar-refractivity contribution in [3.8, 4) is 5.69 Å². The van der Waals surface area contributed by atoms with Crippen LogP contribution < -0.4 is 10.6 Å². The minimum atomic E-state index is -0.539. The Hall–Kier alpha value is -3.20. The fourth-order valence-electron chi connectivity index (χ4n) is 2.63. The first-order valence-corrected chi connectivity index (χ1v) is 10.00. The maximum Gasteiger partial charge on any atom is 0.321 e. The number of carbonyl (C=O) groups excluding carboxylic acids is 2. The number of halogens is 1. The normalized spacial score (nSPS) is 10.6. The molecule has 1 heterocycles. The molecule has 3 amide bonds. The molecule has 0 aliphatic rings.